The van der Waals surface area contributed by atoms with Crippen LogP contribution in [-0.4, -0.2) is 73.3 Å². The lowest BCUT2D eigenvalue weighted by molar-refractivity contribution is 0.0948. The van der Waals surface area contributed by atoms with Crippen LogP contribution in [0.2, 0.25) is 5.02 Å². The number of anilines is 1. The number of pyridine rings is 1. The second-order valence-electron chi connectivity index (χ2n) is 5.56. The Labute approximate surface area is 124 Å². The molecular weight excluding hydrogens is 276 g/mol. The molecule has 2 atom stereocenters. The molecule has 5 nitrogen and oxygen atoms in total. The molecule has 1 aromatic heterocycles. The van der Waals surface area contributed by atoms with E-state index in [4.69, 9.17) is 16.3 Å². The Bertz CT molecular complexity index is 433. The molecular formula is C14H21ClN4O. The minimum absolute atomic E-state index is 0.298. The van der Waals surface area contributed by atoms with Gasteiger partial charge in [-0.2, -0.15) is 0 Å². The summed E-state index contributed by atoms with van der Waals surface area (Å²) in [6, 6.07) is 4.51. The molecule has 0 radical (unpaired) electrons. The maximum atomic E-state index is 5.86. The van der Waals surface area contributed by atoms with Crippen LogP contribution < -0.4 is 5.32 Å². The molecule has 0 bridgehead atoms. The van der Waals surface area contributed by atoms with Crippen molar-refractivity contribution >= 4 is 17.4 Å². The number of halogens is 1. The number of hydrogen-bond acceptors (Lipinski definition) is 5. The molecule has 20 heavy (non-hydrogen) atoms. The lowest BCUT2D eigenvalue weighted by atomic mass is 10.1. The molecule has 2 fully saturated rings. The first-order valence-electron chi connectivity index (χ1n) is 7.11. The third kappa shape index (κ3) is 3.23. The molecule has 6 heteroatoms. The molecule has 0 unspecified atom stereocenters. The van der Waals surface area contributed by atoms with Gasteiger partial charge in [0.25, 0.3) is 0 Å². The van der Waals surface area contributed by atoms with Crippen molar-refractivity contribution in [3.8, 4) is 0 Å². The highest BCUT2D eigenvalue weighted by Crippen LogP contribution is 2.19. The van der Waals surface area contributed by atoms with E-state index in [9.17, 15) is 0 Å². The van der Waals surface area contributed by atoms with Crippen molar-refractivity contribution in [2.75, 3.05) is 51.8 Å². The van der Waals surface area contributed by atoms with Crippen molar-refractivity contribution in [3.63, 3.8) is 0 Å². The third-order valence-electron chi connectivity index (χ3n) is 4.12. The highest BCUT2D eigenvalue weighted by molar-refractivity contribution is 6.30. The fourth-order valence-electron chi connectivity index (χ4n) is 2.85. The molecule has 0 spiro atoms. The maximum Gasteiger partial charge on any atom is 0.126 e. The van der Waals surface area contributed by atoms with Crippen LogP contribution in [0.1, 0.15) is 0 Å². The Morgan fingerprint density at radius 1 is 1.25 bits per heavy atom. The van der Waals surface area contributed by atoms with E-state index in [1.54, 1.807) is 6.20 Å². The van der Waals surface area contributed by atoms with Crippen molar-refractivity contribution in [1.82, 2.24) is 14.8 Å². The summed E-state index contributed by atoms with van der Waals surface area (Å²) < 4.78 is 5.67. The van der Waals surface area contributed by atoms with Gasteiger partial charge in [0, 0.05) is 32.4 Å². The summed E-state index contributed by atoms with van der Waals surface area (Å²) in [7, 11) is 2.18. The summed E-state index contributed by atoms with van der Waals surface area (Å²) in [6.45, 7) is 6.01. The molecule has 1 N–H and O–H groups in total. The van der Waals surface area contributed by atoms with Crippen LogP contribution in [0.5, 0.6) is 0 Å². The first-order chi connectivity index (χ1) is 9.72. The lowest BCUT2D eigenvalue weighted by Gasteiger charge is -2.38. The summed E-state index contributed by atoms with van der Waals surface area (Å²) in [5.41, 5.74) is 0. The smallest absolute Gasteiger partial charge is 0.126 e. The molecule has 3 rings (SSSR count). The van der Waals surface area contributed by atoms with Crippen LogP contribution in [0.15, 0.2) is 18.3 Å². The highest BCUT2D eigenvalue weighted by atomic mass is 35.5. The summed E-state index contributed by atoms with van der Waals surface area (Å²) in [5, 5.41) is 4.14. The van der Waals surface area contributed by atoms with Crippen LogP contribution in [0.3, 0.4) is 0 Å². The van der Waals surface area contributed by atoms with Crippen LogP contribution in [0.25, 0.3) is 0 Å². The average Bonchev–Trinajstić information content (AvgIpc) is 2.90. The van der Waals surface area contributed by atoms with Crippen LogP contribution in [-0.2, 0) is 4.74 Å². The van der Waals surface area contributed by atoms with Gasteiger partial charge in [0.15, 0.2) is 0 Å². The number of rotatable bonds is 3. The van der Waals surface area contributed by atoms with E-state index in [0.717, 1.165) is 45.2 Å². The normalized spacial score (nSPS) is 28.7. The summed E-state index contributed by atoms with van der Waals surface area (Å²) in [4.78, 5) is 9.21. The van der Waals surface area contributed by atoms with Crippen molar-refractivity contribution in [1.29, 1.82) is 0 Å². The van der Waals surface area contributed by atoms with E-state index in [1.807, 2.05) is 12.1 Å². The van der Waals surface area contributed by atoms with Crippen LogP contribution in [0, 0.1) is 0 Å². The van der Waals surface area contributed by atoms with Crippen molar-refractivity contribution < 1.29 is 4.74 Å². The number of aromatic nitrogens is 1. The van der Waals surface area contributed by atoms with E-state index < -0.39 is 0 Å². The molecule has 3 heterocycles. The van der Waals surface area contributed by atoms with Gasteiger partial charge >= 0.3 is 0 Å². The monoisotopic (exact) mass is 296 g/mol. The topological polar surface area (TPSA) is 40.6 Å². The summed E-state index contributed by atoms with van der Waals surface area (Å²) in [6.07, 6.45) is 1.67. The number of ether oxygens (including phenoxy) is 1. The molecule has 2 saturated heterocycles. The van der Waals surface area contributed by atoms with Gasteiger partial charge in [0.05, 0.1) is 30.3 Å². The molecule has 0 aromatic carbocycles. The second-order valence-corrected chi connectivity index (χ2v) is 5.99. The van der Waals surface area contributed by atoms with E-state index in [1.165, 1.54) is 0 Å². The summed E-state index contributed by atoms with van der Waals surface area (Å²) >= 11 is 5.86. The zero-order valence-corrected chi connectivity index (χ0v) is 12.5. The first-order valence-corrected chi connectivity index (χ1v) is 7.48. The van der Waals surface area contributed by atoms with Crippen molar-refractivity contribution in [3.05, 3.63) is 23.4 Å². The average molecular weight is 297 g/mol. The Morgan fingerprint density at radius 2 is 2.05 bits per heavy atom. The second kappa shape index (κ2) is 6.26. The van der Waals surface area contributed by atoms with E-state index in [-0.39, 0.29) is 0 Å². The molecule has 0 amide bonds. The van der Waals surface area contributed by atoms with Crippen molar-refractivity contribution in [2.24, 2.45) is 0 Å². The highest BCUT2D eigenvalue weighted by Gasteiger charge is 2.34. The van der Waals surface area contributed by atoms with Gasteiger partial charge in [-0.15, -0.1) is 0 Å². The fourth-order valence-corrected chi connectivity index (χ4v) is 2.96. The summed E-state index contributed by atoms with van der Waals surface area (Å²) in [5.74, 6) is 0.865. The van der Waals surface area contributed by atoms with Gasteiger partial charge in [0.2, 0.25) is 0 Å². The van der Waals surface area contributed by atoms with E-state index >= 15 is 0 Å². The number of nitrogens with zero attached hydrogens (tertiary/aromatic N) is 3. The van der Waals surface area contributed by atoms with Gasteiger partial charge in [-0.05, 0) is 19.2 Å². The maximum absolute atomic E-state index is 5.86. The van der Waals surface area contributed by atoms with Gasteiger partial charge in [0.1, 0.15) is 5.82 Å². The van der Waals surface area contributed by atoms with Gasteiger partial charge < -0.3 is 15.0 Å². The molecule has 2 aliphatic rings. The minimum atomic E-state index is 0.298. The predicted molar refractivity (Wildman–Crippen MR) is 80.3 cm³/mol. The molecule has 0 aliphatic carbocycles. The van der Waals surface area contributed by atoms with Gasteiger partial charge in [-0.25, -0.2) is 4.98 Å². The number of piperazine rings is 1. The Kier molecular flexibility index (Phi) is 4.41. The molecule has 1 aromatic rings. The lowest BCUT2D eigenvalue weighted by Crippen LogP contribution is -2.54. The van der Waals surface area contributed by atoms with E-state index in [0.29, 0.717) is 17.1 Å². The fraction of sp³-hybridized carbons (Fsp3) is 0.643. The SMILES string of the molecule is CN1CCN([C@H]2COC[C@@H]2Nc2ccc(Cl)cn2)CC1. The minimum Gasteiger partial charge on any atom is -0.378 e. The zero-order valence-electron chi connectivity index (χ0n) is 11.8. The molecule has 0 saturated carbocycles. The van der Waals surface area contributed by atoms with E-state index in [2.05, 4.69) is 27.1 Å². The number of hydrogen-bond donors (Lipinski definition) is 1. The Balaban J connectivity index is 1.62. The first kappa shape index (κ1) is 14.1. The number of nitrogens with one attached hydrogen (secondary N) is 1. The quantitative estimate of drug-likeness (QED) is 0.906. The van der Waals surface area contributed by atoms with Crippen molar-refractivity contribution in [2.45, 2.75) is 12.1 Å². The predicted octanol–water partition coefficient (Wildman–Crippen LogP) is 1.16. The largest absolute Gasteiger partial charge is 0.378 e. The third-order valence-corrected chi connectivity index (χ3v) is 4.34. The molecule has 2 aliphatic heterocycles. The standard InChI is InChI=1S/C14H21ClN4O/c1-18-4-6-19(7-5-18)13-10-20-9-12(13)17-14-3-2-11(15)8-16-14/h2-3,8,12-13H,4-7,9-10H2,1H3,(H,16,17)/t12-,13-/m0/s1. The zero-order chi connectivity index (χ0) is 13.9. The number of likely N-dealkylation sites (N-methyl/N-ethyl adjacent to an activating group) is 1. The Morgan fingerprint density at radius 3 is 2.75 bits per heavy atom. The van der Waals surface area contributed by atoms with Gasteiger partial charge in [-0.3, -0.25) is 4.90 Å². The molecule has 110 valence electrons. The van der Waals surface area contributed by atoms with Crippen LogP contribution in [0.4, 0.5) is 5.82 Å². The van der Waals surface area contributed by atoms with Gasteiger partial charge in [-0.1, -0.05) is 11.6 Å². The van der Waals surface area contributed by atoms with Crippen LogP contribution >= 0.6 is 11.6 Å². The Hall–Kier alpha value is -0.880.